The molecule has 0 aliphatic carbocycles. The molecule has 0 aliphatic rings. The Hall–Kier alpha value is -1.77. The predicted octanol–water partition coefficient (Wildman–Crippen LogP) is 3.43. The van der Waals surface area contributed by atoms with E-state index < -0.39 is 0 Å². The van der Waals surface area contributed by atoms with Crippen molar-refractivity contribution >= 4 is 16.9 Å². The van der Waals surface area contributed by atoms with Crippen LogP contribution in [0.5, 0.6) is 0 Å². The van der Waals surface area contributed by atoms with Gasteiger partial charge in [-0.2, -0.15) is 0 Å². The molecule has 0 unspecified atom stereocenters. The maximum absolute atomic E-state index is 11.6. The Labute approximate surface area is 94.6 Å². The molecular weight excluding hydrogens is 202 g/mol. The van der Waals surface area contributed by atoms with Crippen molar-refractivity contribution in [1.82, 2.24) is 4.57 Å². The molecule has 0 spiro atoms. The minimum Gasteiger partial charge on any atom is -0.449 e. The second-order valence-electron chi connectivity index (χ2n) is 3.76. The van der Waals surface area contributed by atoms with Crippen LogP contribution >= 0.6 is 0 Å². The van der Waals surface area contributed by atoms with E-state index in [4.69, 9.17) is 4.74 Å². The number of rotatable bonds is 3. The van der Waals surface area contributed by atoms with Crippen molar-refractivity contribution in [2.45, 2.75) is 19.8 Å². The smallest absolute Gasteiger partial charge is 0.417 e. The second-order valence-corrected chi connectivity index (χ2v) is 3.76. The van der Waals surface area contributed by atoms with E-state index in [1.54, 1.807) is 12.4 Å². The molecule has 0 atom stereocenters. The van der Waals surface area contributed by atoms with Gasteiger partial charge >= 0.3 is 6.09 Å². The molecule has 1 aromatic carbocycles. The number of benzene rings is 1. The third kappa shape index (κ3) is 2.24. The quantitative estimate of drug-likeness (QED) is 0.737. The lowest BCUT2D eigenvalue weighted by Crippen LogP contribution is -2.12. The summed E-state index contributed by atoms with van der Waals surface area (Å²) in [5.41, 5.74) is 0. The summed E-state index contributed by atoms with van der Waals surface area (Å²) in [7, 11) is 0. The lowest BCUT2D eigenvalue weighted by molar-refractivity contribution is 0.146. The minimum absolute atomic E-state index is 0.301. The molecule has 2 rings (SSSR count). The van der Waals surface area contributed by atoms with Crippen LogP contribution in [0.15, 0.2) is 36.7 Å². The van der Waals surface area contributed by atoms with E-state index in [2.05, 4.69) is 6.92 Å². The summed E-state index contributed by atoms with van der Waals surface area (Å²) < 4.78 is 6.62. The first-order valence-corrected chi connectivity index (χ1v) is 5.55. The number of aromatic nitrogens is 1. The van der Waals surface area contributed by atoms with E-state index in [1.807, 2.05) is 24.3 Å². The molecule has 0 radical (unpaired) electrons. The molecule has 1 aromatic heterocycles. The molecule has 2 aromatic rings. The number of fused-ring (bicyclic) bond motifs is 1. The third-order valence-corrected chi connectivity index (χ3v) is 2.49. The topological polar surface area (TPSA) is 31.2 Å². The summed E-state index contributed by atoms with van der Waals surface area (Å²) in [5, 5.41) is 2.10. The molecule has 0 saturated carbocycles. The largest absolute Gasteiger partial charge is 0.449 e. The van der Waals surface area contributed by atoms with Crippen molar-refractivity contribution in [2.75, 3.05) is 6.61 Å². The first-order valence-electron chi connectivity index (χ1n) is 5.55. The zero-order chi connectivity index (χ0) is 11.4. The zero-order valence-electron chi connectivity index (χ0n) is 9.35. The van der Waals surface area contributed by atoms with Crippen molar-refractivity contribution < 1.29 is 9.53 Å². The summed E-state index contributed by atoms with van der Waals surface area (Å²) in [5.74, 6) is 0. The predicted molar refractivity (Wildman–Crippen MR) is 63.6 cm³/mol. The van der Waals surface area contributed by atoms with Gasteiger partial charge in [-0.3, -0.25) is 4.57 Å². The van der Waals surface area contributed by atoms with E-state index in [-0.39, 0.29) is 6.09 Å². The first kappa shape index (κ1) is 10.7. The van der Waals surface area contributed by atoms with Crippen LogP contribution in [-0.2, 0) is 4.74 Å². The highest BCUT2D eigenvalue weighted by atomic mass is 16.5. The molecule has 3 nitrogen and oxygen atoms in total. The van der Waals surface area contributed by atoms with Gasteiger partial charge in [-0.1, -0.05) is 37.6 Å². The molecule has 0 fully saturated rings. The number of hydrogen-bond donors (Lipinski definition) is 0. The molecule has 0 bridgehead atoms. The van der Waals surface area contributed by atoms with Gasteiger partial charge in [-0.15, -0.1) is 0 Å². The number of ether oxygens (including phenoxy) is 1. The van der Waals surface area contributed by atoms with Crippen LogP contribution in [0.4, 0.5) is 4.79 Å². The highest BCUT2D eigenvalue weighted by Gasteiger charge is 2.06. The number of unbranched alkanes of at least 4 members (excludes halogenated alkanes) is 1. The van der Waals surface area contributed by atoms with Gasteiger partial charge < -0.3 is 4.74 Å². The average Bonchev–Trinajstić information content (AvgIpc) is 2.73. The molecule has 0 N–H and O–H groups in total. The van der Waals surface area contributed by atoms with Crippen LogP contribution in [0, 0.1) is 0 Å². The van der Waals surface area contributed by atoms with Gasteiger partial charge in [0.15, 0.2) is 0 Å². The Balaban J connectivity index is 2.11. The maximum atomic E-state index is 11.6. The van der Waals surface area contributed by atoms with Crippen LogP contribution in [0.1, 0.15) is 19.8 Å². The summed E-state index contributed by atoms with van der Waals surface area (Å²) in [6.45, 7) is 2.56. The van der Waals surface area contributed by atoms with E-state index in [9.17, 15) is 4.79 Å². The van der Waals surface area contributed by atoms with E-state index in [0.29, 0.717) is 6.61 Å². The lowest BCUT2D eigenvalue weighted by atomic mass is 10.2. The van der Waals surface area contributed by atoms with Crippen molar-refractivity contribution in [3.8, 4) is 0 Å². The number of carbonyl (C=O) groups excluding carboxylic acids is 1. The summed E-state index contributed by atoms with van der Waals surface area (Å²) >= 11 is 0. The van der Waals surface area contributed by atoms with Gasteiger partial charge in [0.25, 0.3) is 0 Å². The third-order valence-electron chi connectivity index (χ3n) is 2.49. The molecule has 0 aliphatic heterocycles. The average molecular weight is 217 g/mol. The molecule has 84 valence electrons. The lowest BCUT2D eigenvalue weighted by Gasteiger charge is -2.03. The summed E-state index contributed by atoms with van der Waals surface area (Å²) in [6, 6.07) is 7.86. The Kier molecular flexibility index (Phi) is 3.25. The fraction of sp³-hybridized carbons (Fsp3) is 0.308. The van der Waals surface area contributed by atoms with Crippen LogP contribution in [0.3, 0.4) is 0 Å². The Morgan fingerprint density at radius 2 is 1.88 bits per heavy atom. The molecule has 16 heavy (non-hydrogen) atoms. The number of nitrogens with zero attached hydrogens (tertiary/aromatic N) is 1. The monoisotopic (exact) mass is 217 g/mol. The standard InChI is InChI=1S/C13H15NO2/c1-2-3-8-16-13(15)14-9-11-6-4-5-7-12(11)10-14/h4-7,9-10H,2-3,8H2,1H3. The SMILES string of the molecule is CCCCOC(=O)n1cc2ccccc2c1. The first-order chi connectivity index (χ1) is 7.81. The van der Waals surface area contributed by atoms with Crippen molar-refractivity contribution in [3.63, 3.8) is 0 Å². The minimum atomic E-state index is -0.301. The van der Waals surface area contributed by atoms with Crippen LogP contribution < -0.4 is 0 Å². The Morgan fingerprint density at radius 3 is 2.44 bits per heavy atom. The fourth-order valence-electron chi connectivity index (χ4n) is 1.57. The summed E-state index contributed by atoms with van der Waals surface area (Å²) in [4.78, 5) is 11.6. The molecule has 3 heteroatoms. The second kappa shape index (κ2) is 4.84. The highest BCUT2D eigenvalue weighted by Crippen LogP contribution is 2.14. The van der Waals surface area contributed by atoms with Gasteiger partial charge in [0.2, 0.25) is 0 Å². The van der Waals surface area contributed by atoms with Crippen molar-refractivity contribution in [3.05, 3.63) is 36.7 Å². The van der Waals surface area contributed by atoms with Crippen LogP contribution in [0.2, 0.25) is 0 Å². The van der Waals surface area contributed by atoms with Crippen LogP contribution in [-0.4, -0.2) is 17.3 Å². The van der Waals surface area contributed by atoms with Gasteiger partial charge in [-0.05, 0) is 17.2 Å². The maximum Gasteiger partial charge on any atom is 0.417 e. The summed E-state index contributed by atoms with van der Waals surface area (Å²) in [6.07, 6.45) is 5.23. The van der Waals surface area contributed by atoms with Crippen molar-refractivity contribution in [2.24, 2.45) is 0 Å². The highest BCUT2D eigenvalue weighted by molar-refractivity contribution is 5.86. The van der Waals surface area contributed by atoms with Gasteiger partial charge in [-0.25, -0.2) is 4.79 Å². The zero-order valence-corrected chi connectivity index (χ0v) is 9.35. The van der Waals surface area contributed by atoms with E-state index in [1.165, 1.54) is 4.57 Å². The van der Waals surface area contributed by atoms with Gasteiger partial charge in [0, 0.05) is 12.4 Å². The Bertz CT molecular complexity index is 454. The molecule has 1 heterocycles. The number of hydrogen-bond acceptors (Lipinski definition) is 2. The van der Waals surface area contributed by atoms with Crippen LogP contribution in [0.25, 0.3) is 10.8 Å². The molecular formula is C13H15NO2. The normalized spacial score (nSPS) is 10.6. The molecule has 0 amide bonds. The van der Waals surface area contributed by atoms with E-state index in [0.717, 1.165) is 23.6 Å². The molecule has 0 saturated heterocycles. The van der Waals surface area contributed by atoms with Gasteiger partial charge in [0.05, 0.1) is 6.61 Å². The number of carbonyl (C=O) groups is 1. The Morgan fingerprint density at radius 1 is 1.25 bits per heavy atom. The van der Waals surface area contributed by atoms with Gasteiger partial charge in [0.1, 0.15) is 0 Å². The van der Waals surface area contributed by atoms with E-state index >= 15 is 0 Å². The van der Waals surface area contributed by atoms with Crippen molar-refractivity contribution in [1.29, 1.82) is 0 Å². The fourth-order valence-corrected chi connectivity index (χ4v) is 1.57.